The molecule has 31 heavy (non-hydrogen) atoms. The standard InChI is InChI=1S/C18H26F6N2O5/c1-9(2)6-10(7-13(27)30-15(3,4)5)25-14(28)11-8-12(31-26-11)16(29,17(19,20)21)18(22,23)24/h9-10,12,29H,6-8H2,1-5H3,(H,25,28)/t10-,12?/m1/s1. The Morgan fingerprint density at radius 1 is 1.16 bits per heavy atom. The van der Waals surface area contributed by atoms with E-state index in [4.69, 9.17) is 4.74 Å². The number of alkyl halides is 6. The summed E-state index contributed by atoms with van der Waals surface area (Å²) in [5.41, 5.74) is -6.77. The Morgan fingerprint density at radius 3 is 2.10 bits per heavy atom. The summed E-state index contributed by atoms with van der Waals surface area (Å²) in [6.07, 6.45) is -16.3. The van der Waals surface area contributed by atoms with E-state index >= 15 is 0 Å². The Labute approximate surface area is 175 Å². The average molecular weight is 464 g/mol. The van der Waals surface area contributed by atoms with Crippen LogP contribution in [0.1, 0.15) is 53.9 Å². The fourth-order valence-electron chi connectivity index (χ4n) is 2.88. The topological polar surface area (TPSA) is 97.2 Å². The molecule has 13 heteroatoms. The summed E-state index contributed by atoms with van der Waals surface area (Å²) >= 11 is 0. The zero-order valence-electron chi connectivity index (χ0n) is 17.6. The van der Waals surface area contributed by atoms with Gasteiger partial charge >= 0.3 is 18.3 Å². The van der Waals surface area contributed by atoms with Gasteiger partial charge in [-0.2, -0.15) is 26.3 Å². The molecule has 0 aromatic heterocycles. The molecular weight excluding hydrogens is 438 g/mol. The molecule has 0 aromatic rings. The van der Waals surface area contributed by atoms with Gasteiger partial charge in [0.15, 0.2) is 6.10 Å². The van der Waals surface area contributed by atoms with Crippen molar-refractivity contribution in [2.45, 2.75) is 89.6 Å². The highest BCUT2D eigenvalue weighted by molar-refractivity contribution is 6.39. The molecule has 0 aromatic carbocycles. The van der Waals surface area contributed by atoms with E-state index in [1.165, 1.54) is 0 Å². The van der Waals surface area contributed by atoms with Crippen molar-refractivity contribution in [3.8, 4) is 0 Å². The Balaban J connectivity index is 2.91. The molecule has 0 fully saturated rings. The average Bonchev–Trinajstić information content (AvgIpc) is 2.99. The van der Waals surface area contributed by atoms with Crippen LogP contribution in [0.5, 0.6) is 0 Å². The lowest BCUT2D eigenvalue weighted by Crippen LogP contribution is -2.64. The summed E-state index contributed by atoms with van der Waals surface area (Å²) in [6, 6.07) is -0.812. The van der Waals surface area contributed by atoms with Gasteiger partial charge in [0, 0.05) is 12.5 Å². The first kappa shape index (κ1) is 27.0. The molecule has 1 aliphatic rings. The summed E-state index contributed by atoms with van der Waals surface area (Å²) in [7, 11) is 0. The first-order valence-corrected chi connectivity index (χ1v) is 9.39. The predicted octanol–water partition coefficient (Wildman–Crippen LogP) is 3.25. The van der Waals surface area contributed by atoms with Crippen LogP contribution in [0.3, 0.4) is 0 Å². The van der Waals surface area contributed by atoms with Gasteiger partial charge in [0.2, 0.25) is 0 Å². The highest BCUT2D eigenvalue weighted by Crippen LogP contribution is 2.48. The van der Waals surface area contributed by atoms with Crippen LogP contribution in [0.2, 0.25) is 0 Å². The lowest BCUT2D eigenvalue weighted by atomic mass is 9.91. The fraction of sp³-hybridized carbons (Fsp3) is 0.833. The molecule has 0 saturated carbocycles. The van der Waals surface area contributed by atoms with E-state index in [0.717, 1.165) is 0 Å². The summed E-state index contributed by atoms with van der Waals surface area (Å²) in [5, 5.41) is 14.7. The van der Waals surface area contributed by atoms with Crippen molar-refractivity contribution in [1.82, 2.24) is 5.32 Å². The quantitative estimate of drug-likeness (QED) is 0.445. The SMILES string of the molecule is CC(C)C[C@H](CC(=O)OC(C)(C)C)NC(=O)C1=NOC(C(O)(C(F)(F)F)C(F)(F)F)C1. The van der Waals surface area contributed by atoms with Gasteiger partial charge in [0.05, 0.1) is 6.42 Å². The third-order valence-electron chi connectivity index (χ3n) is 4.19. The minimum atomic E-state index is -6.12. The van der Waals surface area contributed by atoms with E-state index in [0.29, 0.717) is 0 Å². The molecule has 0 radical (unpaired) electrons. The number of hydrogen-bond donors (Lipinski definition) is 2. The number of halogens is 6. The number of oxime groups is 1. The first-order valence-electron chi connectivity index (χ1n) is 9.39. The number of nitrogens with zero attached hydrogens (tertiary/aromatic N) is 1. The first-order chi connectivity index (χ1) is 13.8. The molecule has 7 nitrogen and oxygen atoms in total. The molecule has 0 bridgehead atoms. The molecule has 2 atom stereocenters. The molecule has 1 rings (SSSR count). The van der Waals surface area contributed by atoms with Gasteiger partial charge in [0.1, 0.15) is 11.3 Å². The van der Waals surface area contributed by atoms with Crippen molar-refractivity contribution < 1.29 is 50.6 Å². The third kappa shape index (κ3) is 6.97. The zero-order valence-corrected chi connectivity index (χ0v) is 17.6. The van der Waals surface area contributed by atoms with Crippen molar-refractivity contribution in [1.29, 1.82) is 0 Å². The van der Waals surface area contributed by atoms with Crippen LogP contribution in [0.15, 0.2) is 5.16 Å². The summed E-state index contributed by atoms with van der Waals surface area (Å²) in [6.45, 7) is 8.47. The Morgan fingerprint density at radius 2 is 1.68 bits per heavy atom. The summed E-state index contributed by atoms with van der Waals surface area (Å²) < 4.78 is 82.9. The maximum Gasteiger partial charge on any atom is 0.430 e. The molecule has 0 saturated heterocycles. The second kappa shape index (κ2) is 9.21. The van der Waals surface area contributed by atoms with Gasteiger partial charge in [-0.15, -0.1) is 0 Å². The maximum absolute atomic E-state index is 13.0. The van der Waals surface area contributed by atoms with Crippen molar-refractivity contribution in [2.24, 2.45) is 11.1 Å². The number of ether oxygens (including phenoxy) is 1. The van der Waals surface area contributed by atoms with E-state index in [9.17, 15) is 41.0 Å². The highest BCUT2D eigenvalue weighted by atomic mass is 19.4. The molecule has 180 valence electrons. The number of carbonyl (C=O) groups excluding carboxylic acids is 2. The van der Waals surface area contributed by atoms with Crippen molar-refractivity contribution in [2.75, 3.05) is 0 Å². The van der Waals surface area contributed by atoms with E-state index in [2.05, 4.69) is 15.3 Å². The lowest BCUT2D eigenvalue weighted by molar-refractivity contribution is -0.392. The molecule has 0 aliphatic carbocycles. The molecular formula is C18H26F6N2O5. The van der Waals surface area contributed by atoms with Gasteiger partial charge in [-0.05, 0) is 33.1 Å². The summed E-state index contributed by atoms with van der Waals surface area (Å²) in [4.78, 5) is 28.6. The number of nitrogens with one attached hydrogen (secondary N) is 1. The Hall–Kier alpha value is -2.05. The third-order valence-corrected chi connectivity index (χ3v) is 4.19. The molecule has 2 N–H and O–H groups in total. The van der Waals surface area contributed by atoms with Crippen LogP contribution in [-0.4, -0.2) is 58.4 Å². The number of aliphatic hydroxyl groups is 1. The van der Waals surface area contributed by atoms with Gasteiger partial charge < -0.3 is 20.0 Å². The molecule has 1 aliphatic heterocycles. The molecule has 0 spiro atoms. The van der Waals surface area contributed by atoms with Crippen LogP contribution in [0.4, 0.5) is 26.3 Å². The number of amides is 1. The van der Waals surface area contributed by atoms with Crippen molar-refractivity contribution >= 4 is 17.6 Å². The monoisotopic (exact) mass is 464 g/mol. The molecule has 1 unspecified atom stereocenters. The molecule has 1 heterocycles. The van der Waals surface area contributed by atoms with Gasteiger partial charge in [-0.25, -0.2) is 0 Å². The number of hydrogen-bond acceptors (Lipinski definition) is 6. The van der Waals surface area contributed by atoms with Crippen LogP contribution in [0.25, 0.3) is 0 Å². The lowest BCUT2D eigenvalue weighted by Gasteiger charge is -2.35. The van der Waals surface area contributed by atoms with E-state index < -0.39 is 59.7 Å². The Bertz CT molecular complexity index is 683. The maximum atomic E-state index is 13.0. The van der Waals surface area contributed by atoms with Crippen molar-refractivity contribution in [3.63, 3.8) is 0 Å². The number of carbonyl (C=O) groups is 2. The van der Waals surface area contributed by atoms with Crippen LogP contribution < -0.4 is 5.32 Å². The normalized spacial score (nSPS) is 19.0. The van der Waals surface area contributed by atoms with Crippen LogP contribution in [0, 0.1) is 5.92 Å². The highest BCUT2D eigenvalue weighted by Gasteiger charge is 2.76. The molecule has 1 amide bonds. The van der Waals surface area contributed by atoms with Gasteiger partial charge in [-0.1, -0.05) is 19.0 Å². The second-order valence-corrected chi connectivity index (χ2v) is 8.69. The summed E-state index contributed by atoms with van der Waals surface area (Å²) in [5.74, 6) is -1.77. The van der Waals surface area contributed by atoms with Crippen molar-refractivity contribution in [3.05, 3.63) is 0 Å². The smallest absolute Gasteiger partial charge is 0.430 e. The second-order valence-electron chi connectivity index (χ2n) is 8.69. The number of rotatable bonds is 7. The van der Waals surface area contributed by atoms with E-state index in [1.807, 2.05) is 0 Å². The predicted molar refractivity (Wildman–Crippen MR) is 95.8 cm³/mol. The van der Waals surface area contributed by atoms with Crippen LogP contribution in [-0.2, 0) is 19.2 Å². The number of esters is 1. The van der Waals surface area contributed by atoms with Gasteiger partial charge in [0.25, 0.3) is 11.5 Å². The minimum absolute atomic E-state index is 0.0113. The zero-order chi connectivity index (χ0) is 24.4. The minimum Gasteiger partial charge on any atom is -0.460 e. The van der Waals surface area contributed by atoms with Crippen LogP contribution >= 0.6 is 0 Å². The van der Waals surface area contributed by atoms with Gasteiger partial charge in [-0.3, -0.25) is 9.59 Å². The largest absolute Gasteiger partial charge is 0.460 e. The Kier molecular flexibility index (Phi) is 8.02. The van der Waals surface area contributed by atoms with E-state index in [-0.39, 0.29) is 18.8 Å². The fourth-order valence-corrected chi connectivity index (χ4v) is 2.88. The van der Waals surface area contributed by atoms with E-state index in [1.54, 1.807) is 34.6 Å².